The van der Waals surface area contributed by atoms with Crippen molar-refractivity contribution in [2.45, 2.75) is 31.7 Å². The second-order valence-corrected chi connectivity index (χ2v) is 6.35. The molecule has 0 aromatic heterocycles. The van der Waals surface area contributed by atoms with Crippen molar-refractivity contribution in [3.63, 3.8) is 0 Å². The number of carboxylic acid groups (broad SMARTS) is 1. The van der Waals surface area contributed by atoms with Crippen LogP contribution in [0.4, 0.5) is 0 Å². The Morgan fingerprint density at radius 2 is 1.52 bits per heavy atom. The third-order valence-electron chi connectivity index (χ3n) is 4.58. The lowest BCUT2D eigenvalue weighted by atomic mass is 9.92. The smallest absolute Gasteiger partial charge is 0.320 e. The molecule has 3 nitrogen and oxygen atoms in total. The molecule has 0 aliphatic heterocycles. The van der Waals surface area contributed by atoms with Crippen molar-refractivity contribution in [2.75, 3.05) is 0 Å². The summed E-state index contributed by atoms with van der Waals surface area (Å²) in [5.41, 5.74) is 11.7. The number of hydrogen-bond donors (Lipinski definition) is 2. The minimum Gasteiger partial charge on any atom is -0.480 e. The van der Waals surface area contributed by atoms with Crippen LogP contribution in [0.5, 0.6) is 0 Å². The van der Waals surface area contributed by atoms with Crippen LogP contribution in [0.3, 0.4) is 0 Å². The number of benzene rings is 2. The summed E-state index contributed by atoms with van der Waals surface area (Å²) in [6, 6.07) is 16.1. The van der Waals surface area contributed by atoms with Crippen LogP contribution in [0.25, 0.3) is 17.7 Å². The Morgan fingerprint density at radius 1 is 0.960 bits per heavy atom. The predicted molar refractivity (Wildman–Crippen MR) is 103 cm³/mol. The highest BCUT2D eigenvalue weighted by atomic mass is 16.4. The maximum Gasteiger partial charge on any atom is 0.320 e. The zero-order valence-electron chi connectivity index (χ0n) is 14.2. The maximum atomic E-state index is 10.8. The highest BCUT2D eigenvalue weighted by Crippen LogP contribution is 2.34. The van der Waals surface area contributed by atoms with Gasteiger partial charge in [0.25, 0.3) is 0 Å². The molecule has 0 spiro atoms. The van der Waals surface area contributed by atoms with Crippen molar-refractivity contribution in [1.29, 1.82) is 0 Å². The van der Waals surface area contributed by atoms with Gasteiger partial charge in [-0.2, -0.15) is 0 Å². The average Bonchev–Trinajstić information content (AvgIpc) is 2.78. The second kappa shape index (κ2) is 7.95. The molecule has 1 atom stereocenters. The van der Waals surface area contributed by atoms with Crippen LogP contribution in [0.2, 0.25) is 0 Å². The fourth-order valence-electron chi connectivity index (χ4n) is 3.20. The highest BCUT2D eigenvalue weighted by Gasteiger charge is 2.14. The number of hydrogen-bond acceptors (Lipinski definition) is 2. The number of unbranched alkanes of at least 4 members (excludes halogenated alkanes) is 2. The monoisotopic (exact) mass is 333 g/mol. The molecule has 3 N–H and O–H groups in total. The third kappa shape index (κ3) is 4.06. The molecule has 3 rings (SSSR count). The van der Waals surface area contributed by atoms with Crippen LogP contribution >= 0.6 is 0 Å². The molecular formula is C22H23NO2. The molecule has 1 aliphatic carbocycles. The Hall–Kier alpha value is -2.65. The van der Waals surface area contributed by atoms with E-state index >= 15 is 0 Å². The predicted octanol–water partition coefficient (Wildman–Crippen LogP) is 4.57. The van der Waals surface area contributed by atoms with E-state index < -0.39 is 12.0 Å². The number of fused-ring (bicyclic) bond motifs is 2. The number of allylic oxidation sites excluding steroid dienone is 1. The largest absolute Gasteiger partial charge is 0.480 e. The molecule has 2 aromatic carbocycles. The quantitative estimate of drug-likeness (QED) is 0.649. The summed E-state index contributed by atoms with van der Waals surface area (Å²) in [5, 5.41) is 8.85. The number of rotatable bonds is 6. The minimum atomic E-state index is -0.920. The molecule has 0 amide bonds. The van der Waals surface area contributed by atoms with Gasteiger partial charge in [-0.3, -0.25) is 4.79 Å². The fraction of sp³-hybridized carbons (Fsp3) is 0.227. The SMILES string of the molecule is NC(CCCCC=C1c2ccccc2C=Cc2ccccc21)C(=O)O. The minimum absolute atomic E-state index is 0.521. The van der Waals surface area contributed by atoms with Crippen LogP contribution in [-0.4, -0.2) is 17.1 Å². The van der Waals surface area contributed by atoms with Gasteiger partial charge in [-0.1, -0.05) is 73.2 Å². The Morgan fingerprint density at radius 3 is 2.08 bits per heavy atom. The van der Waals surface area contributed by atoms with Gasteiger partial charge in [0.15, 0.2) is 0 Å². The Balaban J connectivity index is 1.80. The zero-order chi connectivity index (χ0) is 17.6. The second-order valence-electron chi connectivity index (χ2n) is 6.35. The molecule has 0 heterocycles. The van der Waals surface area contributed by atoms with E-state index in [1.165, 1.54) is 27.8 Å². The molecule has 0 bridgehead atoms. The molecule has 128 valence electrons. The van der Waals surface area contributed by atoms with Crippen molar-refractivity contribution >= 4 is 23.7 Å². The Kier molecular flexibility index (Phi) is 5.46. The van der Waals surface area contributed by atoms with Crippen LogP contribution in [-0.2, 0) is 4.79 Å². The number of carboxylic acids is 1. The lowest BCUT2D eigenvalue weighted by Gasteiger charge is -2.12. The van der Waals surface area contributed by atoms with Gasteiger partial charge in [-0.25, -0.2) is 0 Å². The molecule has 3 heteroatoms. The summed E-state index contributed by atoms with van der Waals surface area (Å²) in [7, 11) is 0. The van der Waals surface area contributed by atoms with Crippen molar-refractivity contribution < 1.29 is 9.90 Å². The first-order chi connectivity index (χ1) is 12.2. The molecule has 0 saturated heterocycles. The average molecular weight is 333 g/mol. The topological polar surface area (TPSA) is 63.3 Å². The van der Waals surface area contributed by atoms with E-state index in [1.54, 1.807) is 0 Å². The van der Waals surface area contributed by atoms with Crippen LogP contribution in [0.15, 0.2) is 54.6 Å². The molecule has 25 heavy (non-hydrogen) atoms. The maximum absolute atomic E-state index is 10.8. The molecular weight excluding hydrogens is 310 g/mol. The summed E-state index contributed by atoms with van der Waals surface area (Å²) in [5.74, 6) is -0.920. The van der Waals surface area contributed by atoms with Crippen molar-refractivity contribution in [3.8, 4) is 0 Å². The van der Waals surface area contributed by atoms with Gasteiger partial charge < -0.3 is 10.8 Å². The summed E-state index contributed by atoms with van der Waals surface area (Å²) in [6.45, 7) is 0. The standard InChI is InChI=1S/C22H23NO2/c23-21(22(24)25)13-3-1-2-12-20-18-10-6-4-8-16(18)14-15-17-9-5-7-11-19(17)20/h4-12,14-15,21H,1-3,13,23H2,(H,24,25). The Bertz CT molecular complexity index is 769. The van der Waals surface area contributed by atoms with Crippen molar-refractivity contribution in [3.05, 3.63) is 76.9 Å². The van der Waals surface area contributed by atoms with E-state index in [0.29, 0.717) is 6.42 Å². The highest BCUT2D eigenvalue weighted by molar-refractivity contribution is 5.93. The first kappa shape index (κ1) is 17.2. The fourth-order valence-corrected chi connectivity index (χ4v) is 3.20. The van der Waals surface area contributed by atoms with Gasteiger partial charge in [0.1, 0.15) is 6.04 Å². The van der Waals surface area contributed by atoms with Crippen LogP contribution in [0.1, 0.15) is 47.9 Å². The molecule has 2 aromatic rings. The Labute approximate surface area is 148 Å². The number of nitrogens with two attached hydrogens (primary N) is 1. The summed E-state index contributed by atoms with van der Waals surface area (Å²) >= 11 is 0. The van der Waals surface area contributed by atoms with E-state index in [4.69, 9.17) is 10.8 Å². The molecule has 0 radical (unpaired) electrons. The lowest BCUT2D eigenvalue weighted by Crippen LogP contribution is -2.29. The van der Waals surface area contributed by atoms with Gasteiger partial charge in [0, 0.05) is 0 Å². The van der Waals surface area contributed by atoms with Gasteiger partial charge in [0.05, 0.1) is 0 Å². The first-order valence-electron chi connectivity index (χ1n) is 8.72. The molecule has 1 unspecified atom stereocenters. The zero-order valence-corrected chi connectivity index (χ0v) is 14.2. The van der Waals surface area contributed by atoms with Crippen molar-refractivity contribution in [1.82, 2.24) is 0 Å². The number of carbonyl (C=O) groups is 1. The molecule has 0 fully saturated rings. The third-order valence-corrected chi connectivity index (χ3v) is 4.58. The normalized spacial score (nSPS) is 13.6. The van der Waals surface area contributed by atoms with Gasteiger partial charge in [-0.05, 0) is 47.1 Å². The van der Waals surface area contributed by atoms with Crippen LogP contribution < -0.4 is 5.73 Å². The van der Waals surface area contributed by atoms with Crippen LogP contribution in [0, 0.1) is 0 Å². The van der Waals surface area contributed by atoms with Gasteiger partial charge >= 0.3 is 5.97 Å². The summed E-state index contributed by atoms with van der Waals surface area (Å²) < 4.78 is 0. The molecule has 0 saturated carbocycles. The van der Waals surface area contributed by atoms with E-state index in [1.807, 2.05) is 0 Å². The summed E-state index contributed by atoms with van der Waals surface area (Å²) in [6.07, 6.45) is 9.79. The lowest BCUT2D eigenvalue weighted by molar-refractivity contribution is -0.138. The van der Waals surface area contributed by atoms with E-state index in [-0.39, 0.29) is 0 Å². The van der Waals surface area contributed by atoms with E-state index in [0.717, 1.165) is 19.3 Å². The van der Waals surface area contributed by atoms with E-state index in [2.05, 4.69) is 66.8 Å². The molecule has 1 aliphatic rings. The van der Waals surface area contributed by atoms with Crippen molar-refractivity contribution in [2.24, 2.45) is 5.73 Å². The summed E-state index contributed by atoms with van der Waals surface area (Å²) in [4.78, 5) is 10.8. The first-order valence-corrected chi connectivity index (χ1v) is 8.72. The van der Waals surface area contributed by atoms with E-state index in [9.17, 15) is 4.79 Å². The van der Waals surface area contributed by atoms with Gasteiger partial charge in [0.2, 0.25) is 0 Å². The van der Waals surface area contributed by atoms with Gasteiger partial charge in [-0.15, -0.1) is 0 Å². The number of aliphatic carboxylic acids is 1.